The zero-order chi connectivity index (χ0) is 9.28. The lowest BCUT2D eigenvalue weighted by Gasteiger charge is -1.93. The predicted molar refractivity (Wildman–Crippen MR) is 43.3 cm³/mol. The number of carbonyl (C=O) groups is 2. The van der Waals surface area contributed by atoms with E-state index in [1.165, 1.54) is 13.8 Å². The Labute approximate surface area is 67.7 Å². The SMILES string of the molecule is CC(C)=O.CCOC(=O)CC. The van der Waals surface area contributed by atoms with Crippen LogP contribution in [0.4, 0.5) is 0 Å². The number of carbonyl (C=O) groups excluding carboxylic acids is 2. The van der Waals surface area contributed by atoms with Crippen molar-refractivity contribution in [2.45, 2.75) is 34.1 Å². The summed E-state index contributed by atoms with van der Waals surface area (Å²) in [6, 6.07) is 0. The van der Waals surface area contributed by atoms with Crippen LogP contribution >= 0.6 is 0 Å². The molecule has 0 amide bonds. The topological polar surface area (TPSA) is 43.4 Å². The molecule has 0 heterocycles. The van der Waals surface area contributed by atoms with Crippen molar-refractivity contribution in [3.05, 3.63) is 0 Å². The fourth-order valence-electron chi connectivity index (χ4n) is 0.263. The summed E-state index contributed by atoms with van der Waals surface area (Å²) in [6.45, 7) is 7.12. The molecular weight excluding hydrogens is 144 g/mol. The highest BCUT2D eigenvalue weighted by Gasteiger charge is 1.91. The standard InChI is InChI=1S/C5H10O2.C3H6O/c1-3-5(6)7-4-2;1-3(2)4/h3-4H2,1-2H3;1-2H3. The zero-order valence-corrected chi connectivity index (χ0v) is 7.64. The van der Waals surface area contributed by atoms with E-state index in [0.29, 0.717) is 13.0 Å². The van der Waals surface area contributed by atoms with Gasteiger partial charge in [0, 0.05) is 6.42 Å². The first kappa shape index (κ1) is 12.8. The third kappa shape index (κ3) is 27.2. The van der Waals surface area contributed by atoms with E-state index in [0.717, 1.165) is 0 Å². The van der Waals surface area contributed by atoms with Gasteiger partial charge in [-0.25, -0.2) is 0 Å². The van der Waals surface area contributed by atoms with Crippen LogP contribution in [0.15, 0.2) is 0 Å². The molecule has 66 valence electrons. The van der Waals surface area contributed by atoms with Gasteiger partial charge in [0.25, 0.3) is 0 Å². The molecule has 0 aliphatic heterocycles. The number of hydrogen-bond donors (Lipinski definition) is 0. The molecule has 0 atom stereocenters. The van der Waals surface area contributed by atoms with Crippen molar-refractivity contribution in [1.82, 2.24) is 0 Å². The van der Waals surface area contributed by atoms with Gasteiger partial charge >= 0.3 is 5.97 Å². The van der Waals surface area contributed by atoms with Crippen molar-refractivity contribution >= 4 is 11.8 Å². The highest BCUT2D eigenvalue weighted by molar-refractivity contribution is 5.72. The molecule has 0 aliphatic carbocycles. The Morgan fingerprint density at radius 3 is 1.64 bits per heavy atom. The lowest BCUT2D eigenvalue weighted by atomic mass is 10.5. The molecule has 0 bridgehead atoms. The summed E-state index contributed by atoms with van der Waals surface area (Å²) in [5, 5.41) is 0. The molecule has 0 fully saturated rings. The average molecular weight is 160 g/mol. The fourth-order valence-corrected chi connectivity index (χ4v) is 0.263. The lowest BCUT2D eigenvalue weighted by Crippen LogP contribution is -2.00. The van der Waals surface area contributed by atoms with Crippen molar-refractivity contribution in [3.63, 3.8) is 0 Å². The predicted octanol–water partition coefficient (Wildman–Crippen LogP) is 1.55. The Hall–Kier alpha value is -0.860. The number of esters is 1. The Bertz CT molecular complexity index is 115. The molecule has 0 saturated carbocycles. The van der Waals surface area contributed by atoms with E-state index in [1.807, 2.05) is 0 Å². The van der Waals surface area contributed by atoms with E-state index >= 15 is 0 Å². The van der Waals surface area contributed by atoms with E-state index in [1.54, 1.807) is 13.8 Å². The summed E-state index contributed by atoms with van der Waals surface area (Å²) in [5.74, 6) is 0.0440. The lowest BCUT2D eigenvalue weighted by molar-refractivity contribution is -0.142. The summed E-state index contributed by atoms with van der Waals surface area (Å²) in [7, 11) is 0. The van der Waals surface area contributed by atoms with Gasteiger partial charge in [-0.05, 0) is 20.8 Å². The molecule has 0 radical (unpaired) electrons. The summed E-state index contributed by atoms with van der Waals surface area (Å²) in [6.07, 6.45) is 0.480. The Kier molecular flexibility index (Phi) is 10.6. The molecule has 0 N–H and O–H groups in total. The van der Waals surface area contributed by atoms with Crippen LogP contribution in [0, 0.1) is 0 Å². The van der Waals surface area contributed by atoms with Gasteiger partial charge in [-0.1, -0.05) is 6.92 Å². The molecule has 0 saturated heterocycles. The van der Waals surface area contributed by atoms with Gasteiger partial charge < -0.3 is 9.53 Å². The quantitative estimate of drug-likeness (QED) is 0.576. The highest BCUT2D eigenvalue weighted by Crippen LogP contribution is 1.80. The second kappa shape index (κ2) is 9.14. The maximum Gasteiger partial charge on any atom is 0.305 e. The van der Waals surface area contributed by atoms with Crippen LogP contribution in [0.1, 0.15) is 34.1 Å². The monoisotopic (exact) mass is 160 g/mol. The summed E-state index contributed by atoms with van der Waals surface area (Å²) in [5.41, 5.74) is 0. The second-order valence-corrected chi connectivity index (χ2v) is 2.07. The third-order valence-corrected chi connectivity index (χ3v) is 0.594. The first-order chi connectivity index (χ1) is 5.04. The van der Waals surface area contributed by atoms with Gasteiger partial charge in [0.05, 0.1) is 6.61 Å². The molecule has 11 heavy (non-hydrogen) atoms. The normalized spacial score (nSPS) is 7.64. The molecule has 3 heteroatoms. The molecule has 0 aliphatic rings. The molecule has 0 rings (SSSR count). The van der Waals surface area contributed by atoms with Gasteiger partial charge in [0.1, 0.15) is 5.78 Å². The van der Waals surface area contributed by atoms with E-state index in [-0.39, 0.29) is 11.8 Å². The van der Waals surface area contributed by atoms with E-state index in [2.05, 4.69) is 4.74 Å². The van der Waals surface area contributed by atoms with Gasteiger partial charge in [0.15, 0.2) is 0 Å². The molecule has 0 spiro atoms. The summed E-state index contributed by atoms with van der Waals surface area (Å²) < 4.78 is 4.55. The van der Waals surface area contributed by atoms with E-state index in [9.17, 15) is 9.59 Å². The number of rotatable bonds is 2. The Balaban J connectivity index is 0. The molecule has 0 aromatic rings. The number of ketones is 1. The molecule has 3 nitrogen and oxygen atoms in total. The van der Waals surface area contributed by atoms with Crippen LogP contribution in [0.2, 0.25) is 0 Å². The minimum absolute atomic E-state index is 0.123. The molecule has 0 unspecified atom stereocenters. The van der Waals surface area contributed by atoms with Gasteiger partial charge in [-0.15, -0.1) is 0 Å². The first-order valence-corrected chi connectivity index (χ1v) is 3.67. The summed E-state index contributed by atoms with van der Waals surface area (Å²) in [4.78, 5) is 19.6. The number of Topliss-reactive ketones (excluding diaryl/α,β-unsaturated/α-hetero) is 1. The largest absolute Gasteiger partial charge is 0.466 e. The van der Waals surface area contributed by atoms with Crippen molar-refractivity contribution in [2.24, 2.45) is 0 Å². The number of ether oxygens (including phenoxy) is 1. The summed E-state index contributed by atoms with van der Waals surface area (Å²) >= 11 is 0. The molecule has 0 aromatic carbocycles. The van der Waals surface area contributed by atoms with E-state index < -0.39 is 0 Å². The van der Waals surface area contributed by atoms with Crippen LogP contribution in [-0.2, 0) is 14.3 Å². The van der Waals surface area contributed by atoms with Crippen molar-refractivity contribution < 1.29 is 14.3 Å². The van der Waals surface area contributed by atoms with Crippen LogP contribution < -0.4 is 0 Å². The fraction of sp³-hybridized carbons (Fsp3) is 0.750. The van der Waals surface area contributed by atoms with Crippen molar-refractivity contribution in [2.75, 3.05) is 6.61 Å². The minimum Gasteiger partial charge on any atom is -0.466 e. The van der Waals surface area contributed by atoms with Crippen molar-refractivity contribution in [3.8, 4) is 0 Å². The number of hydrogen-bond acceptors (Lipinski definition) is 3. The van der Waals surface area contributed by atoms with E-state index in [4.69, 9.17) is 0 Å². The zero-order valence-electron chi connectivity index (χ0n) is 7.64. The molecule has 0 aromatic heterocycles. The highest BCUT2D eigenvalue weighted by atomic mass is 16.5. The first-order valence-electron chi connectivity index (χ1n) is 3.67. The van der Waals surface area contributed by atoms with Crippen LogP contribution in [0.3, 0.4) is 0 Å². The van der Waals surface area contributed by atoms with Crippen LogP contribution in [0.5, 0.6) is 0 Å². The van der Waals surface area contributed by atoms with Gasteiger partial charge in [0.2, 0.25) is 0 Å². The molecular formula is C8H16O3. The minimum atomic E-state index is -0.123. The Morgan fingerprint density at radius 1 is 1.18 bits per heavy atom. The van der Waals surface area contributed by atoms with Gasteiger partial charge in [-0.2, -0.15) is 0 Å². The third-order valence-electron chi connectivity index (χ3n) is 0.594. The van der Waals surface area contributed by atoms with Gasteiger partial charge in [-0.3, -0.25) is 4.79 Å². The van der Waals surface area contributed by atoms with Crippen LogP contribution in [0.25, 0.3) is 0 Å². The average Bonchev–Trinajstić information content (AvgIpc) is 1.87. The maximum atomic E-state index is 10.2. The Morgan fingerprint density at radius 2 is 1.55 bits per heavy atom. The van der Waals surface area contributed by atoms with Crippen molar-refractivity contribution in [1.29, 1.82) is 0 Å². The smallest absolute Gasteiger partial charge is 0.305 e. The van der Waals surface area contributed by atoms with Crippen LogP contribution in [-0.4, -0.2) is 18.4 Å². The second-order valence-electron chi connectivity index (χ2n) is 2.07. The maximum absolute atomic E-state index is 10.2.